The molecule has 4 nitrogen and oxygen atoms in total. The van der Waals surface area contributed by atoms with Crippen LogP contribution in [0, 0.1) is 29.9 Å². The average molecular weight is 277 g/mol. The number of hydrogen-bond acceptors (Lipinski definition) is 3. The Labute approximate surface area is 115 Å². The normalized spacial score (nSPS) is 15.3. The van der Waals surface area contributed by atoms with Gasteiger partial charge in [0.15, 0.2) is 0 Å². The van der Waals surface area contributed by atoms with Crippen molar-refractivity contribution in [2.45, 2.75) is 19.1 Å². The van der Waals surface area contributed by atoms with E-state index in [0.717, 1.165) is 6.07 Å². The molecule has 0 fully saturated rings. The van der Waals surface area contributed by atoms with Crippen LogP contribution in [0.4, 0.5) is 8.78 Å². The quantitative estimate of drug-likeness (QED) is 0.866. The third-order valence-corrected chi connectivity index (χ3v) is 3.23. The van der Waals surface area contributed by atoms with E-state index in [1.54, 1.807) is 6.92 Å². The summed E-state index contributed by atoms with van der Waals surface area (Å²) in [5.74, 6) is 0.112. The molecule has 2 aromatic rings. The smallest absolute Gasteiger partial charge is 0.137 e. The van der Waals surface area contributed by atoms with Crippen molar-refractivity contribution in [3.05, 3.63) is 48.1 Å². The van der Waals surface area contributed by atoms with Crippen LogP contribution >= 0.6 is 0 Å². The largest absolute Gasteiger partial charge is 0.382 e. The molecule has 0 aliphatic heterocycles. The first kappa shape index (κ1) is 14.2. The Morgan fingerprint density at radius 1 is 1.50 bits per heavy atom. The molecule has 0 aliphatic rings. The highest BCUT2D eigenvalue weighted by atomic mass is 19.1. The van der Waals surface area contributed by atoms with E-state index in [-0.39, 0.29) is 12.1 Å². The Morgan fingerprint density at radius 2 is 2.25 bits per heavy atom. The highest BCUT2D eigenvalue weighted by molar-refractivity contribution is 5.28. The van der Waals surface area contributed by atoms with Crippen molar-refractivity contribution >= 4 is 0 Å². The van der Waals surface area contributed by atoms with E-state index in [2.05, 4.69) is 16.0 Å². The number of aliphatic hydroxyl groups is 1. The van der Waals surface area contributed by atoms with Crippen molar-refractivity contribution in [1.82, 2.24) is 14.8 Å². The third-order valence-electron chi connectivity index (χ3n) is 3.23. The van der Waals surface area contributed by atoms with Crippen LogP contribution in [0.2, 0.25) is 0 Å². The van der Waals surface area contributed by atoms with Gasteiger partial charge in [-0.25, -0.2) is 18.4 Å². The van der Waals surface area contributed by atoms with Crippen LogP contribution in [0.3, 0.4) is 0 Å². The monoisotopic (exact) mass is 277 g/mol. The lowest BCUT2D eigenvalue weighted by molar-refractivity contribution is -0.0191. The van der Waals surface area contributed by atoms with E-state index in [4.69, 9.17) is 6.42 Å². The second kappa shape index (κ2) is 5.39. The van der Waals surface area contributed by atoms with Gasteiger partial charge in [-0.15, -0.1) is 12.3 Å². The van der Waals surface area contributed by atoms with Gasteiger partial charge in [0.2, 0.25) is 0 Å². The summed E-state index contributed by atoms with van der Waals surface area (Å²) in [5.41, 5.74) is -1.78. The van der Waals surface area contributed by atoms with E-state index < -0.39 is 23.2 Å². The summed E-state index contributed by atoms with van der Waals surface area (Å²) in [7, 11) is 0. The molecule has 0 amide bonds. The molecule has 0 aliphatic carbocycles. The van der Waals surface area contributed by atoms with Gasteiger partial charge in [-0.3, -0.25) is 0 Å². The summed E-state index contributed by atoms with van der Waals surface area (Å²) in [4.78, 5) is 3.76. The van der Waals surface area contributed by atoms with Crippen molar-refractivity contribution in [3.8, 4) is 12.3 Å². The van der Waals surface area contributed by atoms with E-state index in [1.807, 2.05) is 0 Å². The lowest BCUT2D eigenvalue weighted by atomic mass is 9.82. The van der Waals surface area contributed by atoms with Crippen LogP contribution in [-0.4, -0.2) is 19.9 Å². The minimum absolute atomic E-state index is 0.0696. The first-order valence-electron chi connectivity index (χ1n) is 5.94. The van der Waals surface area contributed by atoms with Crippen LogP contribution in [0.15, 0.2) is 30.9 Å². The Morgan fingerprint density at radius 3 is 2.80 bits per heavy atom. The van der Waals surface area contributed by atoms with E-state index in [0.29, 0.717) is 6.07 Å². The maximum atomic E-state index is 14.0. The molecule has 0 saturated carbocycles. The van der Waals surface area contributed by atoms with Crippen molar-refractivity contribution in [2.24, 2.45) is 5.92 Å². The van der Waals surface area contributed by atoms with Crippen molar-refractivity contribution in [3.63, 3.8) is 0 Å². The minimum atomic E-state index is -1.71. The van der Waals surface area contributed by atoms with Crippen LogP contribution in [0.5, 0.6) is 0 Å². The number of benzene rings is 1. The predicted molar refractivity (Wildman–Crippen MR) is 68.3 cm³/mol. The third kappa shape index (κ3) is 2.53. The topological polar surface area (TPSA) is 50.9 Å². The molecule has 0 saturated heterocycles. The van der Waals surface area contributed by atoms with E-state index in [1.165, 1.54) is 23.4 Å². The molecule has 1 aromatic heterocycles. The van der Waals surface area contributed by atoms with Crippen LogP contribution in [0.1, 0.15) is 12.5 Å². The van der Waals surface area contributed by atoms with Crippen LogP contribution in [-0.2, 0) is 12.1 Å². The van der Waals surface area contributed by atoms with Gasteiger partial charge in [0.05, 0.1) is 12.5 Å². The fraction of sp³-hybridized carbons (Fsp3) is 0.286. The second-order valence-corrected chi connectivity index (χ2v) is 4.53. The highest BCUT2D eigenvalue weighted by Gasteiger charge is 2.38. The van der Waals surface area contributed by atoms with Gasteiger partial charge in [0.1, 0.15) is 29.9 Å². The molecular formula is C14H13F2N3O. The van der Waals surface area contributed by atoms with Crippen LogP contribution < -0.4 is 0 Å². The summed E-state index contributed by atoms with van der Waals surface area (Å²) in [6.07, 6.45) is 8.03. The average Bonchev–Trinajstić information content (AvgIpc) is 2.90. The van der Waals surface area contributed by atoms with Gasteiger partial charge < -0.3 is 5.11 Å². The van der Waals surface area contributed by atoms with Crippen molar-refractivity contribution in [1.29, 1.82) is 0 Å². The number of rotatable bonds is 4. The Bertz CT molecular complexity index is 636. The minimum Gasteiger partial charge on any atom is -0.382 e. The summed E-state index contributed by atoms with van der Waals surface area (Å²) in [6, 6.07) is 2.98. The fourth-order valence-corrected chi connectivity index (χ4v) is 2.00. The SMILES string of the molecule is C#C[C@H](C)[C@](O)(Cn1cncn1)c1ccc(F)cc1F. The fourth-order valence-electron chi connectivity index (χ4n) is 2.00. The number of halogens is 2. The molecule has 1 aromatic carbocycles. The molecule has 2 rings (SSSR count). The van der Waals surface area contributed by atoms with Gasteiger partial charge in [-0.2, -0.15) is 5.10 Å². The second-order valence-electron chi connectivity index (χ2n) is 4.53. The number of hydrogen-bond donors (Lipinski definition) is 1. The Hall–Kier alpha value is -2.26. The zero-order valence-corrected chi connectivity index (χ0v) is 10.8. The zero-order valence-electron chi connectivity index (χ0n) is 10.8. The molecule has 20 heavy (non-hydrogen) atoms. The summed E-state index contributed by atoms with van der Waals surface area (Å²) in [5, 5.41) is 14.7. The van der Waals surface area contributed by atoms with Crippen LogP contribution in [0.25, 0.3) is 0 Å². The number of terminal acetylenes is 1. The first-order valence-corrected chi connectivity index (χ1v) is 5.94. The maximum Gasteiger partial charge on any atom is 0.137 e. The molecule has 6 heteroatoms. The lowest BCUT2D eigenvalue weighted by Gasteiger charge is -2.32. The van der Waals surface area contributed by atoms with E-state index >= 15 is 0 Å². The molecule has 0 unspecified atom stereocenters. The summed E-state index contributed by atoms with van der Waals surface area (Å²) < 4.78 is 28.3. The van der Waals surface area contributed by atoms with Gasteiger partial charge in [-0.1, -0.05) is 6.07 Å². The molecule has 2 atom stereocenters. The summed E-state index contributed by atoms with van der Waals surface area (Å²) >= 11 is 0. The number of aromatic nitrogens is 3. The Kier molecular flexibility index (Phi) is 3.81. The van der Waals surface area contributed by atoms with Gasteiger partial charge in [0, 0.05) is 11.6 Å². The predicted octanol–water partition coefficient (Wildman–Crippen LogP) is 1.71. The van der Waals surface area contributed by atoms with Crippen molar-refractivity contribution in [2.75, 3.05) is 0 Å². The van der Waals surface area contributed by atoms with Gasteiger partial charge in [-0.05, 0) is 13.0 Å². The lowest BCUT2D eigenvalue weighted by Crippen LogP contribution is -2.38. The number of nitrogens with zero attached hydrogens (tertiary/aromatic N) is 3. The standard InChI is InChI=1S/C14H13F2N3O/c1-3-10(2)14(20,7-19-9-17-8-18-19)12-5-4-11(15)6-13(12)16/h1,4-6,8-10,20H,7H2,2H3/t10-,14+/m0/s1. The first-order chi connectivity index (χ1) is 9.47. The summed E-state index contributed by atoms with van der Waals surface area (Å²) in [6.45, 7) is 1.50. The Balaban J connectivity index is 2.49. The molecule has 1 heterocycles. The molecule has 1 N–H and O–H groups in total. The van der Waals surface area contributed by atoms with Crippen molar-refractivity contribution < 1.29 is 13.9 Å². The molecular weight excluding hydrogens is 264 g/mol. The van der Waals surface area contributed by atoms with Gasteiger partial charge in [0.25, 0.3) is 0 Å². The maximum absolute atomic E-state index is 14.0. The van der Waals surface area contributed by atoms with Gasteiger partial charge >= 0.3 is 0 Å². The molecule has 104 valence electrons. The van der Waals surface area contributed by atoms with E-state index in [9.17, 15) is 13.9 Å². The molecule has 0 radical (unpaired) electrons. The highest BCUT2D eigenvalue weighted by Crippen LogP contribution is 2.33. The molecule has 0 bridgehead atoms. The zero-order chi connectivity index (χ0) is 14.8. The molecule has 0 spiro atoms.